The standard InChI is InChI=1S/C17H25F3N4O/c1-11-21-13(17(18,19)20)10-14(22-11)24-8-6-12(7-9-24)23(5)15(25)16(2,3)4/h10,12H,6-9H2,1-5H3. The number of aromatic nitrogens is 2. The number of amides is 1. The van der Waals surface area contributed by atoms with Crippen molar-refractivity contribution in [3.8, 4) is 0 Å². The zero-order valence-electron chi connectivity index (χ0n) is 15.3. The third kappa shape index (κ3) is 4.61. The first-order chi connectivity index (χ1) is 11.4. The van der Waals surface area contributed by atoms with Gasteiger partial charge in [0.2, 0.25) is 5.91 Å². The van der Waals surface area contributed by atoms with Gasteiger partial charge >= 0.3 is 6.18 Å². The molecule has 2 rings (SSSR count). The van der Waals surface area contributed by atoms with Crippen LogP contribution in [0.5, 0.6) is 0 Å². The van der Waals surface area contributed by atoms with Crippen LogP contribution in [0.3, 0.4) is 0 Å². The maximum absolute atomic E-state index is 12.9. The first-order valence-corrected chi connectivity index (χ1v) is 8.34. The van der Waals surface area contributed by atoms with Crippen molar-refractivity contribution in [3.05, 3.63) is 17.6 Å². The van der Waals surface area contributed by atoms with E-state index in [0.717, 1.165) is 6.07 Å². The van der Waals surface area contributed by atoms with E-state index in [1.807, 2.05) is 25.7 Å². The van der Waals surface area contributed by atoms with E-state index in [-0.39, 0.29) is 17.8 Å². The van der Waals surface area contributed by atoms with Crippen molar-refractivity contribution in [1.29, 1.82) is 0 Å². The number of aryl methyl sites for hydroxylation is 1. The van der Waals surface area contributed by atoms with Crippen LogP contribution in [0, 0.1) is 12.3 Å². The Bertz CT molecular complexity index is 632. The number of halogens is 3. The Hall–Kier alpha value is -1.86. The summed E-state index contributed by atoms with van der Waals surface area (Å²) in [5.74, 6) is 0.471. The monoisotopic (exact) mass is 358 g/mol. The number of nitrogens with zero attached hydrogens (tertiary/aromatic N) is 4. The number of anilines is 1. The van der Waals surface area contributed by atoms with Gasteiger partial charge in [-0.1, -0.05) is 20.8 Å². The molecule has 1 fully saturated rings. The SMILES string of the molecule is Cc1nc(N2CCC(N(C)C(=O)C(C)(C)C)CC2)cc(C(F)(F)F)n1. The summed E-state index contributed by atoms with van der Waals surface area (Å²) in [6, 6.07) is 1.09. The highest BCUT2D eigenvalue weighted by Gasteiger charge is 2.35. The molecule has 1 saturated heterocycles. The van der Waals surface area contributed by atoms with Gasteiger partial charge in [-0.05, 0) is 19.8 Å². The summed E-state index contributed by atoms with van der Waals surface area (Å²) in [5.41, 5.74) is -1.37. The largest absolute Gasteiger partial charge is 0.433 e. The minimum Gasteiger partial charge on any atom is -0.356 e. The van der Waals surface area contributed by atoms with Gasteiger partial charge in [-0.15, -0.1) is 0 Å². The molecule has 1 aromatic rings. The van der Waals surface area contributed by atoms with Crippen molar-refractivity contribution in [3.63, 3.8) is 0 Å². The predicted octanol–water partition coefficient (Wildman–Crippen LogP) is 3.28. The third-order valence-corrected chi connectivity index (χ3v) is 4.41. The van der Waals surface area contributed by atoms with Crippen LogP contribution in [0.25, 0.3) is 0 Å². The molecule has 0 bridgehead atoms. The van der Waals surface area contributed by atoms with Gasteiger partial charge in [0.05, 0.1) is 0 Å². The first kappa shape index (κ1) is 19.5. The average molecular weight is 358 g/mol. The quantitative estimate of drug-likeness (QED) is 0.814. The normalized spacial score (nSPS) is 16.9. The Balaban J connectivity index is 2.08. The molecule has 0 atom stereocenters. The lowest BCUT2D eigenvalue weighted by Crippen LogP contribution is -2.48. The summed E-state index contributed by atoms with van der Waals surface area (Å²) in [6.45, 7) is 8.21. The van der Waals surface area contributed by atoms with E-state index >= 15 is 0 Å². The zero-order chi connectivity index (χ0) is 19.0. The summed E-state index contributed by atoms with van der Waals surface area (Å²) in [5, 5.41) is 0. The van der Waals surface area contributed by atoms with Gasteiger partial charge in [0, 0.05) is 37.7 Å². The van der Waals surface area contributed by atoms with E-state index in [0.29, 0.717) is 31.7 Å². The van der Waals surface area contributed by atoms with Gasteiger partial charge in [0.15, 0.2) is 0 Å². The summed E-state index contributed by atoms with van der Waals surface area (Å²) >= 11 is 0. The third-order valence-electron chi connectivity index (χ3n) is 4.41. The molecule has 1 aromatic heterocycles. The van der Waals surface area contributed by atoms with E-state index < -0.39 is 17.3 Å². The highest BCUT2D eigenvalue weighted by Crippen LogP contribution is 2.31. The summed E-state index contributed by atoms with van der Waals surface area (Å²) in [7, 11) is 1.80. The van der Waals surface area contributed by atoms with Crippen molar-refractivity contribution in [2.45, 2.75) is 52.8 Å². The molecule has 1 aliphatic heterocycles. The van der Waals surface area contributed by atoms with Crippen molar-refractivity contribution in [2.24, 2.45) is 5.41 Å². The first-order valence-electron chi connectivity index (χ1n) is 8.34. The molecule has 1 amide bonds. The molecule has 8 heteroatoms. The van der Waals surface area contributed by atoms with Crippen LogP contribution in [0.2, 0.25) is 0 Å². The number of alkyl halides is 3. The van der Waals surface area contributed by atoms with Gasteiger partial charge in [-0.25, -0.2) is 9.97 Å². The maximum Gasteiger partial charge on any atom is 0.433 e. The zero-order valence-corrected chi connectivity index (χ0v) is 15.3. The fraction of sp³-hybridized carbons (Fsp3) is 0.706. The smallest absolute Gasteiger partial charge is 0.356 e. The van der Waals surface area contributed by atoms with E-state index in [1.54, 1.807) is 11.9 Å². The van der Waals surface area contributed by atoms with Gasteiger partial charge in [-0.3, -0.25) is 4.79 Å². The summed E-state index contributed by atoms with van der Waals surface area (Å²) < 4.78 is 38.8. The molecule has 5 nitrogen and oxygen atoms in total. The molecule has 0 saturated carbocycles. The second-order valence-electron chi connectivity index (χ2n) is 7.54. The van der Waals surface area contributed by atoms with Crippen molar-refractivity contribution >= 4 is 11.7 Å². The Morgan fingerprint density at radius 2 is 1.76 bits per heavy atom. The molecule has 0 aliphatic carbocycles. The van der Waals surface area contributed by atoms with Gasteiger partial charge in [0.25, 0.3) is 0 Å². The lowest BCUT2D eigenvalue weighted by Gasteiger charge is -2.39. The van der Waals surface area contributed by atoms with Gasteiger partial charge in [0.1, 0.15) is 17.3 Å². The van der Waals surface area contributed by atoms with E-state index in [9.17, 15) is 18.0 Å². The van der Waals surface area contributed by atoms with Crippen LogP contribution >= 0.6 is 0 Å². The van der Waals surface area contributed by atoms with Crippen LogP contribution in [-0.4, -0.2) is 47.0 Å². The van der Waals surface area contributed by atoms with E-state index in [1.165, 1.54) is 6.92 Å². The van der Waals surface area contributed by atoms with Gasteiger partial charge < -0.3 is 9.80 Å². The molecule has 1 aliphatic rings. The molecular formula is C17H25F3N4O. The second kappa shape index (κ2) is 6.80. The van der Waals surface area contributed by atoms with Crippen molar-refractivity contribution < 1.29 is 18.0 Å². The molecule has 0 aromatic carbocycles. The Kier molecular flexibility index (Phi) is 5.30. The number of carbonyl (C=O) groups excluding carboxylic acids is 1. The molecule has 0 N–H and O–H groups in total. The van der Waals surface area contributed by atoms with E-state index in [2.05, 4.69) is 9.97 Å². The van der Waals surface area contributed by atoms with Crippen LogP contribution in [0.15, 0.2) is 6.07 Å². The topological polar surface area (TPSA) is 49.3 Å². The summed E-state index contributed by atoms with van der Waals surface area (Å²) in [4.78, 5) is 23.6. The van der Waals surface area contributed by atoms with Crippen molar-refractivity contribution in [1.82, 2.24) is 14.9 Å². The molecule has 25 heavy (non-hydrogen) atoms. The molecular weight excluding hydrogens is 333 g/mol. The van der Waals surface area contributed by atoms with Crippen molar-refractivity contribution in [2.75, 3.05) is 25.0 Å². The lowest BCUT2D eigenvalue weighted by atomic mass is 9.92. The Morgan fingerprint density at radius 3 is 2.24 bits per heavy atom. The number of rotatable bonds is 2. The maximum atomic E-state index is 12.9. The molecule has 2 heterocycles. The number of piperidine rings is 1. The van der Waals surface area contributed by atoms with Crippen LogP contribution in [0.4, 0.5) is 19.0 Å². The number of hydrogen-bond acceptors (Lipinski definition) is 4. The summed E-state index contributed by atoms with van der Waals surface area (Å²) in [6.07, 6.45) is -3.09. The highest BCUT2D eigenvalue weighted by atomic mass is 19.4. The number of carbonyl (C=O) groups is 1. The average Bonchev–Trinajstić information content (AvgIpc) is 2.51. The predicted molar refractivity (Wildman–Crippen MR) is 89.2 cm³/mol. The Morgan fingerprint density at radius 1 is 1.20 bits per heavy atom. The Labute approximate surface area is 146 Å². The second-order valence-corrected chi connectivity index (χ2v) is 7.54. The molecule has 0 radical (unpaired) electrons. The highest BCUT2D eigenvalue weighted by molar-refractivity contribution is 5.81. The fourth-order valence-corrected chi connectivity index (χ4v) is 3.04. The number of hydrogen-bond donors (Lipinski definition) is 0. The lowest BCUT2D eigenvalue weighted by molar-refractivity contribution is -0.141. The fourth-order valence-electron chi connectivity index (χ4n) is 3.04. The van der Waals surface area contributed by atoms with E-state index in [4.69, 9.17) is 0 Å². The minimum atomic E-state index is -4.49. The molecule has 140 valence electrons. The molecule has 0 unspecified atom stereocenters. The van der Waals surface area contributed by atoms with Crippen LogP contribution in [0.1, 0.15) is 45.1 Å². The van der Waals surface area contributed by atoms with Gasteiger partial charge in [-0.2, -0.15) is 13.2 Å². The minimum absolute atomic E-state index is 0.0724. The molecule has 0 spiro atoms. The van der Waals surface area contributed by atoms with Crippen LogP contribution < -0.4 is 4.90 Å². The van der Waals surface area contributed by atoms with Crippen LogP contribution in [-0.2, 0) is 11.0 Å².